The molecule has 0 unspecified atom stereocenters. The molecule has 1 aromatic carbocycles. The Labute approximate surface area is 164 Å². The largest absolute Gasteiger partial charge is 0.351 e. The van der Waals surface area contributed by atoms with E-state index in [-0.39, 0.29) is 10.8 Å². The molecule has 0 atom stereocenters. The van der Waals surface area contributed by atoms with E-state index in [2.05, 4.69) is 42.6 Å². The van der Waals surface area contributed by atoms with Crippen molar-refractivity contribution in [3.05, 3.63) is 29.3 Å². The second-order valence-electron chi connectivity index (χ2n) is 8.51. The van der Waals surface area contributed by atoms with Crippen molar-refractivity contribution >= 4 is 15.9 Å². The number of hydrogen-bond acceptors (Lipinski definition) is 4. The van der Waals surface area contributed by atoms with Gasteiger partial charge in [0.2, 0.25) is 10.0 Å². The van der Waals surface area contributed by atoms with Gasteiger partial charge in [0.25, 0.3) is 5.91 Å². The van der Waals surface area contributed by atoms with Gasteiger partial charge in [0.05, 0.1) is 4.90 Å². The fourth-order valence-electron chi connectivity index (χ4n) is 2.98. The van der Waals surface area contributed by atoms with Gasteiger partial charge in [-0.2, -0.15) is 0 Å². The Morgan fingerprint density at radius 1 is 1.11 bits per heavy atom. The van der Waals surface area contributed by atoms with Gasteiger partial charge in [-0.15, -0.1) is 0 Å². The molecular formula is C20H35N3O3S. The van der Waals surface area contributed by atoms with Gasteiger partial charge in [-0.05, 0) is 73.1 Å². The van der Waals surface area contributed by atoms with Crippen molar-refractivity contribution in [2.75, 3.05) is 13.1 Å². The number of hydrogen-bond donors (Lipinski definition) is 2. The fraction of sp³-hybridized carbons (Fsp3) is 0.650. The maximum absolute atomic E-state index is 12.6. The van der Waals surface area contributed by atoms with Crippen LogP contribution in [0.25, 0.3) is 0 Å². The quantitative estimate of drug-likeness (QED) is 0.707. The minimum absolute atomic E-state index is 0.0964. The zero-order valence-corrected chi connectivity index (χ0v) is 18.7. The van der Waals surface area contributed by atoms with Crippen LogP contribution in [0.1, 0.15) is 64.4 Å². The molecule has 1 aromatic rings. The minimum atomic E-state index is -3.69. The van der Waals surface area contributed by atoms with Crippen molar-refractivity contribution < 1.29 is 13.2 Å². The van der Waals surface area contributed by atoms with Gasteiger partial charge in [0, 0.05) is 36.3 Å². The molecule has 0 aromatic heterocycles. The molecule has 0 spiro atoms. The lowest BCUT2D eigenvalue weighted by Gasteiger charge is -2.30. The summed E-state index contributed by atoms with van der Waals surface area (Å²) in [7, 11) is -3.69. The number of rotatable bonds is 8. The normalized spacial score (nSPS) is 12.9. The van der Waals surface area contributed by atoms with Crippen LogP contribution in [0, 0.1) is 6.92 Å². The summed E-state index contributed by atoms with van der Waals surface area (Å²) in [6.45, 7) is 16.9. The molecule has 1 amide bonds. The summed E-state index contributed by atoms with van der Waals surface area (Å²) in [6, 6.07) is 5.42. The van der Waals surface area contributed by atoms with Gasteiger partial charge in [0.15, 0.2) is 0 Å². The number of amides is 1. The lowest BCUT2D eigenvalue weighted by atomic mass is 10.1. The molecule has 0 aliphatic carbocycles. The predicted molar refractivity (Wildman–Crippen MR) is 111 cm³/mol. The molecule has 154 valence electrons. The van der Waals surface area contributed by atoms with Crippen molar-refractivity contribution in [2.24, 2.45) is 0 Å². The number of nitrogens with zero attached hydrogens (tertiary/aromatic N) is 1. The molecule has 1 rings (SSSR count). The Morgan fingerprint density at radius 3 is 2.15 bits per heavy atom. The molecule has 7 heteroatoms. The van der Waals surface area contributed by atoms with Crippen molar-refractivity contribution in [1.29, 1.82) is 0 Å². The highest BCUT2D eigenvalue weighted by Gasteiger charge is 2.23. The second kappa shape index (κ2) is 9.17. The summed E-state index contributed by atoms with van der Waals surface area (Å²) in [5, 5.41) is 2.91. The van der Waals surface area contributed by atoms with Crippen LogP contribution in [0.15, 0.2) is 23.1 Å². The van der Waals surface area contributed by atoms with E-state index in [0.29, 0.717) is 24.2 Å². The number of carbonyl (C=O) groups excluding carboxylic acids is 1. The third kappa shape index (κ3) is 7.24. The lowest BCUT2D eigenvalue weighted by Crippen LogP contribution is -2.42. The average molecular weight is 398 g/mol. The van der Waals surface area contributed by atoms with E-state index < -0.39 is 15.6 Å². The standard InChI is InChI=1S/C20H35N3O3S/c1-14(2)23(15(3)4)12-11-21-19(24)18-13-17(10-9-16(18)5)27(25,26)22-20(6,7)8/h9-10,13-15,22H,11-12H2,1-8H3,(H,21,24). The van der Waals surface area contributed by atoms with Crippen molar-refractivity contribution in [1.82, 2.24) is 14.9 Å². The van der Waals surface area contributed by atoms with Gasteiger partial charge >= 0.3 is 0 Å². The first-order valence-electron chi connectivity index (χ1n) is 9.43. The molecule has 2 N–H and O–H groups in total. The molecule has 0 saturated carbocycles. The highest BCUT2D eigenvalue weighted by atomic mass is 32.2. The summed E-state index contributed by atoms with van der Waals surface area (Å²) in [5.74, 6) is -0.257. The van der Waals surface area contributed by atoms with Crippen LogP contribution < -0.4 is 10.0 Å². The van der Waals surface area contributed by atoms with E-state index in [9.17, 15) is 13.2 Å². The summed E-state index contributed by atoms with van der Waals surface area (Å²) in [4.78, 5) is 15.0. The van der Waals surface area contributed by atoms with Gasteiger partial charge in [-0.25, -0.2) is 13.1 Å². The first-order valence-corrected chi connectivity index (χ1v) is 10.9. The molecular weight excluding hydrogens is 362 g/mol. The molecule has 27 heavy (non-hydrogen) atoms. The molecule has 0 radical (unpaired) electrons. The molecule has 0 bridgehead atoms. The third-order valence-corrected chi connectivity index (χ3v) is 5.94. The molecule has 0 fully saturated rings. The predicted octanol–water partition coefficient (Wildman–Crippen LogP) is 2.92. The van der Waals surface area contributed by atoms with Crippen LogP contribution in [0.2, 0.25) is 0 Å². The first-order chi connectivity index (χ1) is 12.2. The minimum Gasteiger partial charge on any atom is -0.351 e. The van der Waals surface area contributed by atoms with Crippen LogP contribution in [-0.4, -0.2) is 49.9 Å². The average Bonchev–Trinajstić information content (AvgIpc) is 2.48. The second-order valence-corrected chi connectivity index (χ2v) is 10.2. The zero-order valence-electron chi connectivity index (χ0n) is 17.9. The number of aryl methyl sites for hydroxylation is 1. The van der Waals surface area contributed by atoms with E-state index in [1.165, 1.54) is 12.1 Å². The van der Waals surface area contributed by atoms with Gasteiger partial charge < -0.3 is 5.32 Å². The van der Waals surface area contributed by atoms with Crippen LogP contribution in [0.4, 0.5) is 0 Å². The lowest BCUT2D eigenvalue weighted by molar-refractivity contribution is 0.0938. The topological polar surface area (TPSA) is 78.5 Å². The Bertz CT molecular complexity index is 742. The number of sulfonamides is 1. The highest BCUT2D eigenvalue weighted by molar-refractivity contribution is 7.89. The molecule has 0 heterocycles. The molecule has 0 saturated heterocycles. The van der Waals surface area contributed by atoms with E-state index in [1.807, 2.05) is 0 Å². The van der Waals surface area contributed by atoms with Crippen LogP contribution in [-0.2, 0) is 10.0 Å². The summed E-state index contributed by atoms with van der Waals surface area (Å²) in [6.07, 6.45) is 0. The van der Waals surface area contributed by atoms with E-state index in [4.69, 9.17) is 0 Å². The SMILES string of the molecule is Cc1ccc(S(=O)(=O)NC(C)(C)C)cc1C(=O)NCCN(C(C)C)C(C)C. The Hall–Kier alpha value is -1.44. The van der Waals surface area contributed by atoms with E-state index >= 15 is 0 Å². The van der Waals surface area contributed by atoms with Crippen molar-refractivity contribution in [3.8, 4) is 0 Å². The Kier molecular flexibility index (Phi) is 8.01. The zero-order chi connectivity index (χ0) is 21.0. The highest BCUT2D eigenvalue weighted by Crippen LogP contribution is 2.17. The molecule has 0 aliphatic heterocycles. The summed E-state index contributed by atoms with van der Waals surface area (Å²) in [5.41, 5.74) is 0.530. The molecule has 0 aliphatic rings. The van der Waals surface area contributed by atoms with Gasteiger partial charge in [0.1, 0.15) is 0 Å². The van der Waals surface area contributed by atoms with Gasteiger partial charge in [-0.3, -0.25) is 9.69 Å². The van der Waals surface area contributed by atoms with Gasteiger partial charge in [-0.1, -0.05) is 6.07 Å². The molecule has 6 nitrogen and oxygen atoms in total. The van der Waals surface area contributed by atoms with Crippen LogP contribution in [0.5, 0.6) is 0 Å². The van der Waals surface area contributed by atoms with Crippen molar-refractivity contribution in [2.45, 2.75) is 77.9 Å². The van der Waals surface area contributed by atoms with E-state index in [0.717, 1.165) is 12.1 Å². The Morgan fingerprint density at radius 2 is 1.67 bits per heavy atom. The maximum Gasteiger partial charge on any atom is 0.251 e. The summed E-state index contributed by atoms with van der Waals surface area (Å²) < 4.78 is 27.7. The number of carbonyl (C=O) groups is 1. The summed E-state index contributed by atoms with van der Waals surface area (Å²) >= 11 is 0. The maximum atomic E-state index is 12.6. The van der Waals surface area contributed by atoms with Crippen LogP contribution >= 0.6 is 0 Å². The number of benzene rings is 1. The number of nitrogens with one attached hydrogen (secondary N) is 2. The van der Waals surface area contributed by atoms with Crippen molar-refractivity contribution in [3.63, 3.8) is 0 Å². The third-order valence-electron chi connectivity index (χ3n) is 4.19. The van der Waals surface area contributed by atoms with Crippen LogP contribution in [0.3, 0.4) is 0 Å². The first kappa shape index (κ1) is 23.6. The monoisotopic (exact) mass is 397 g/mol. The smallest absolute Gasteiger partial charge is 0.251 e. The Balaban J connectivity index is 2.92. The van der Waals surface area contributed by atoms with E-state index in [1.54, 1.807) is 33.8 Å². The fourth-order valence-corrected chi connectivity index (χ4v) is 4.43.